The van der Waals surface area contributed by atoms with Crippen molar-refractivity contribution < 1.29 is 4.79 Å². The Morgan fingerprint density at radius 2 is 2.06 bits per heavy atom. The van der Waals surface area contributed by atoms with E-state index in [4.69, 9.17) is 0 Å². The number of hydrogen-bond donors (Lipinski definition) is 2. The van der Waals surface area contributed by atoms with E-state index in [1.807, 2.05) is 0 Å². The van der Waals surface area contributed by atoms with Gasteiger partial charge in [-0.15, -0.1) is 12.4 Å². The van der Waals surface area contributed by atoms with E-state index in [1.54, 1.807) is 19.3 Å². The highest BCUT2D eigenvalue weighted by Gasteiger charge is 2.05. The zero-order valence-corrected chi connectivity index (χ0v) is 11.5. The third-order valence-corrected chi connectivity index (χ3v) is 2.38. The molecule has 0 aromatic carbocycles. The van der Waals surface area contributed by atoms with Crippen molar-refractivity contribution in [2.75, 3.05) is 19.6 Å². The van der Waals surface area contributed by atoms with Crippen molar-refractivity contribution in [3.8, 4) is 0 Å². The van der Waals surface area contributed by atoms with E-state index in [9.17, 15) is 9.59 Å². The molecule has 6 heteroatoms. The van der Waals surface area contributed by atoms with Gasteiger partial charge in [0.05, 0.1) is 0 Å². The highest BCUT2D eigenvalue weighted by molar-refractivity contribution is 5.93. The number of rotatable bonds is 6. The maximum Gasteiger partial charge on any atom is 0.251 e. The van der Waals surface area contributed by atoms with Gasteiger partial charge in [0, 0.05) is 38.0 Å². The Balaban J connectivity index is 0.00000289. The Bertz CT molecular complexity index is 432. The van der Waals surface area contributed by atoms with Crippen molar-refractivity contribution in [2.24, 2.45) is 7.05 Å². The van der Waals surface area contributed by atoms with Gasteiger partial charge in [0.1, 0.15) is 0 Å². The van der Waals surface area contributed by atoms with Crippen LogP contribution in [0.1, 0.15) is 23.7 Å². The van der Waals surface area contributed by atoms with E-state index in [0.29, 0.717) is 12.1 Å². The molecule has 1 aromatic rings. The van der Waals surface area contributed by atoms with Gasteiger partial charge >= 0.3 is 0 Å². The zero-order valence-electron chi connectivity index (χ0n) is 10.7. The molecule has 5 nitrogen and oxygen atoms in total. The number of nitrogens with one attached hydrogen (secondary N) is 2. The lowest BCUT2D eigenvalue weighted by atomic mass is 10.2. The minimum Gasteiger partial charge on any atom is -0.351 e. The molecule has 1 aromatic heterocycles. The van der Waals surface area contributed by atoms with E-state index < -0.39 is 0 Å². The van der Waals surface area contributed by atoms with Gasteiger partial charge in [-0.05, 0) is 19.0 Å². The molecule has 1 rings (SSSR count). The summed E-state index contributed by atoms with van der Waals surface area (Å²) in [7, 11) is 1.65. The van der Waals surface area contributed by atoms with Crippen molar-refractivity contribution in [1.82, 2.24) is 15.2 Å². The van der Waals surface area contributed by atoms with Gasteiger partial charge in [-0.2, -0.15) is 0 Å². The van der Waals surface area contributed by atoms with Crippen molar-refractivity contribution in [2.45, 2.75) is 13.3 Å². The smallest absolute Gasteiger partial charge is 0.251 e. The minimum atomic E-state index is -0.207. The first kappa shape index (κ1) is 16.7. The summed E-state index contributed by atoms with van der Waals surface area (Å²) in [6.07, 6.45) is 2.66. The van der Waals surface area contributed by atoms with Gasteiger partial charge < -0.3 is 15.2 Å². The molecular formula is C12H20ClN3O2. The Hall–Kier alpha value is -1.33. The molecule has 0 atom stereocenters. The first-order valence-electron chi connectivity index (χ1n) is 5.80. The molecule has 0 bridgehead atoms. The number of aromatic nitrogens is 1. The van der Waals surface area contributed by atoms with Crippen LogP contribution >= 0.6 is 12.4 Å². The molecule has 0 aliphatic rings. The molecule has 0 radical (unpaired) electrons. The molecule has 2 N–H and O–H groups in total. The van der Waals surface area contributed by atoms with E-state index in [0.717, 1.165) is 19.5 Å². The van der Waals surface area contributed by atoms with Crippen LogP contribution in [0, 0.1) is 0 Å². The SMILES string of the molecule is CCCNCCNC(=O)c1ccn(C)c(=O)c1.Cl. The number of hydrogen-bond acceptors (Lipinski definition) is 3. The van der Waals surface area contributed by atoms with Crippen molar-refractivity contribution in [1.29, 1.82) is 0 Å². The molecule has 0 aliphatic carbocycles. The summed E-state index contributed by atoms with van der Waals surface area (Å²) in [5.74, 6) is -0.207. The summed E-state index contributed by atoms with van der Waals surface area (Å²) < 4.78 is 1.43. The number of halogens is 1. The average molecular weight is 274 g/mol. The molecule has 0 aliphatic heterocycles. The van der Waals surface area contributed by atoms with E-state index in [1.165, 1.54) is 10.6 Å². The Morgan fingerprint density at radius 1 is 1.33 bits per heavy atom. The molecule has 0 saturated carbocycles. The molecule has 1 amide bonds. The average Bonchev–Trinajstić information content (AvgIpc) is 2.32. The molecule has 102 valence electrons. The number of carbonyl (C=O) groups is 1. The second-order valence-electron chi connectivity index (χ2n) is 3.87. The van der Waals surface area contributed by atoms with Crippen LogP contribution in [0.4, 0.5) is 0 Å². The number of pyridine rings is 1. The predicted octanol–water partition coefficient (Wildman–Crippen LogP) is 0.536. The van der Waals surface area contributed by atoms with Crippen molar-refractivity contribution in [3.05, 3.63) is 34.2 Å². The lowest BCUT2D eigenvalue weighted by molar-refractivity contribution is 0.0953. The number of carbonyl (C=O) groups excluding carboxylic acids is 1. The molecular weight excluding hydrogens is 254 g/mol. The van der Waals surface area contributed by atoms with Gasteiger partial charge in [0.2, 0.25) is 0 Å². The monoisotopic (exact) mass is 273 g/mol. The lowest BCUT2D eigenvalue weighted by Gasteiger charge is -2.06. The summed E-state index contributed by atoms with van der Waals surface area (Å²) in [6, 6.07) is 2.98. The second kappa shape index (κ2) is 8.72. The highest BCUT2D eigenvalue weighted by Crippen LogP contribution is 1.93. The van der Waals surface area contributed by atoms with Gasteiger partial charge in [0.25, 0.3) is 11.5 Å². The maximum atomic E-state index is 11.7. The fraction of sp³-hybridized carbons (Fsp3) is 0.500. The second-order valence-corrected chi connectivity index (χ2v) is 3.87. The Kier molecular flexibility index (Phi) is 8.07. The first-order chi connectivity index (χ1) is 8.15. The molecule has 0 unspecified atom stereocenters. The Morgan fingerprint density at radius 3 is 2.67 bits per heavy atom. The predicted molar refractivity (Wildman–Crippen MR) is 74.4 cm³/mol. The van der Waals surface area contributed by atoms with Crippen LogP contribution < -0.4 is 16.2 Å². The number of aryl methyl sites for hydroxylation is 1. The highest BCUT2D eigenvalue weighted by atomic mass is 35.5. The zero-order chi connectivity index (χ0) is 12.7. The molecule has 0 fully saturated rings. The van der Waals surface area contributed by atoms with Crippen LogP contribution in [-0.4, -0.2) is 30.1 Å². The van der Waals surface area contributed by atoms with E-state index >= 15 is 0 Å². The molecule has 18 heavy (non-hydrogen) atoms. The summed E-state index contributed by atoms with van der Waals surface area (Å²) in [4.78, 5) is 23.0. The maximum absolute atomic E-state index is 11.7. The summed E-state index contributed by atoms with van der Waals surface area (Å²) >= 11 is 0. The van der Waals surface area contributed by atoms with E-state index in [2.05, 4.69) is 17.6 Å². The van der Waals surface area contributed by atoms with E-state index in [-0.39, 0.29) is 23.9 Å². The summed E-state index contributed by atoms with van der Waals surface area (Å²) in [5.41, 5.74) is 0.227. The standard InChI is InChI=1S/C12H19N3O2.ClH/c1-3-5-13-6-7-14-12(17)10-4-8-15(2)11(16)9-10;/h4,8-9,13H,3,5-7H2,1-2H3,(H,14,17);1H. The van der Waals surface area contributed by atoms with Crippen LogP contribution in [0.15, 0.2) is 23.1 Å². The van der Waals surface area contributed by atoms with Gasteiger partial charge in [-0.1, -0.05) is 6.92 Å². The topological polar surface area (TPSA) is 63.1 Å². The van der Waals surface area contributed by atoms with Gasteiger partial charge in [-0.25, -0.2) is 0 Å². The Labute approximate surface area is 113 Å². The number of nitrogens with zero attached hydrogens (tertiary/aromatic N) is 1. The minimum absolute atomic E-state index is 0. The number of amides is 1. The lowest BCUT2D eigenvalue weighted by Crippen LogP contribution is -2.32. The normalized spacial score (nSPS) is 9.67. The molecule has 0 saturated heterocycles. The van der Waals surface area contributed by atoms with Crippen LogP contribution in [0.25, 0.3) is 0 Å². The van der Waals surface area contributed by atoms with Crippen molar-refractivity contribution >= 4 is 18.3 Å². The van der Waals surface area contributed by atoms with Crippen LogP contribution in [0.2, 0.25) is 0 Å². The molecule has 1 heterocycles. The third kappa shape index (κ3) is 5.33. The summed E-state index contributed by atoms with van der Waals surface area (Å²) in [5, 5.41) is 5.94. The van der Waals surface area contributed by atoms with Crippen LogP contribution in [0.5, 0.6) is 0 Å². The van der Waals surface area contributed by atoms with Gasteiger partial charge in [0.15, 0.2) is 0 Å². The van der Waals surface area contributed by atoms with Gasteiger partial charge in [-0.3, -0.25) is 9.59 Å². The molecule has 0 spiro atoms. The first-order valence-corrected chi connectivity index (χ1v) is 5.80. The van der Waals surface area contributed by atoms with Crippen molar-refractivity contribution in [3.63, 3.8) is 0 Å². The summed E-state index contributed by atoms with van der Waals surface area (Å²) in [6.45, 7) is 4.34. The van der Waals surface area contributed by atoms with Crippen LogP contribution in [-0.2, 0) is 7.05 Å². The third-order valence-electron chi connectivity index (χ3n) is 2.38. The largest absolute Gasteiger partial charge is 0.351 e. The van der Waals surface area contributed by atoms with Crippen LogP contribution in [0.3, 0.4) is 0 Å². The fourth-order valence-corrected chi connectivity index (χ4v) is 1.36. The fourth-order valence-electron chi connectivity index (χ4n) is 1.36. The quantitative estimate of drug-likeness (QED) is 0.744.